The summed E-state index contributed by atoms with van der Waals surface area (Å²) in [5.74, 6) is -3.04. The Kier molecular flexibility index (Phi) is 3.46. The molecule has 0 aromatic carbocycles. The predicted octanol–water partition coefficient (Wildman–Crippen LogP) is -0.343. The van der Waals surface area contributed by atoms with Crippen LogP contribution in [0.5, 0.6) is 0 Å². The summed E-state index contributed by atoms with van der Waals surface area (Å²) in [6.07, 6.45) is 1.19. The zero-order valence-corrected chi connectivity index (χ0v) is 11.4. The van der Waals surface area contributed by atoms with Crippen LogP contribution in [0.4, 0.5) is 0 Å². The second-order valence-corrected chi connectivity index (χ2v) is 5.06. The maximum atomic E-state index is 12.5. The quantitative estimate of drug-likeness (QED) is 0.720. The molecule has 1 aliphatic rings. The van der Waals surface area contributed by atoms with Crippen LogP contribution in [-0.2, 0) is 9.59 Å². The fourth-order valence-corrected chi connectivity index (χ4v) is 1.94. The van der Waals surface area contributed by atoms with E-state index in [0.29, 0.717) is 0 Å². The number of rotatable bonds is 2. The number of nitrogens with zero attached hydrogens (tertiary/aromatic N) is 2. The first-order valence-electron chi connectivity index (χ1n) is 6.09. The van der Waals surface area contributed by atoms with Crippen LogP contribution in [0.2, 0.25) is 0 Å². The lowest BCUT2D eigenvalue weighted by molar-refractivity contribution is -0.143. The van der Waals surface area contributed by atoms with Crippen LogP contribution in [0.1, 0.15) is 34.7 Å². The smallest absolute Gasteiger partial charge is 0.354 e. The van der Waals surface area contributed by atoms with Crippen LogP contribution in [0, 0.1) is 0 Å². The van der Waals surface area contributed by atoms with E-state index in [2.05, 4.69) is 10.3 Å². The summed E-state index contributed by atoms with van der Waals surface area (Å²) in [6.45, 7) is 2.74. The number of carboxylic acid groups (broad SMARTS) is 1. The van der Waals surface area contributed by atoms with Crippen LogP contribution < -0.4 is 5.32 Å². The molecule has 1 aromatic heterocycles. The summed E-state index contributed by atoms with van der Waals surface area (Å²) < 4.78 is 0. The SMILES string of the molecule is CC1(C)C(=O)NC(=O)CN1C(=O)c1ccnc(C(=O)O)c1. The monoisotopic (exact) mass is 291 g/mol. The molecule has 2 rings (SSSR count). The number of aromatic carboxylic acids is 1. The lowest BCUT2D eigenvalue weighted by atomic mass is 9.97. The number of amides is 3. The van der Waals surface area contributed by atoms with Gasteiger partial charge in [0.05, 0.1) is 0 Å². The summed E-state index contributed by atoms with van der Waals surface area (Å²) in [7, 11) is 0. The molecule has 3 amide bonds. The lowest BCUT2D eigenvalue weighted by Crippen LogP contribution is -2.65. The van der Waals surface area contributed by atoms with Crippen molar-refractivity contribution >= 4 is 23.7 Å². The molecule has 0 aliphatic carbocycles. The van der Waals surface area contributed by atoms with Gasteiger partial charge in [-0.25, -0.2) is 9.78 Å². The van der Waals surface area contributed by atoms with Crippen LogP contribution in [0.3, 0.4) is 0 Å². The number of carbonyl (C=O) groups is 4. The third kappa shape index (κ3) is 2.60. The van der Waals surface area contributed by atoms with Crippen molar-refractivity contribution in [3.05, 3.63) is 29.6 Å². The summed E-state index contributed by atoms with van der Waals surface area (Å²) in [4.78, 5) is 51.3. The van der Waals surface area contributed by atoms with Gasteiger partial charge in [0.15, 0.2) is 0 Å². The van der Waals surface area contributed by atoms with Crippen molar-refractivity contribution in [2.24, 2.45) is 0 Å². The van der Waals surface area contributed by atoms with E-state index >= 15 is 0 Å². The Morgan fingerprint density at radius 1 is 1.38 bits per heavy atom. The minimum absolute atomic E-state index is 0.0537. The van der Waals surface area contributed by atoms with E-state index in [1.54, 1.807) is 0 Å². The Morgan fingerprint density at radius 3 is 2.67 bits per heavy atom. The van der Waals surface area contributed by atoms with Gasteiger partial charge in [-0.1, -0.05) is 0 Å². The molecule has 0 bridgehead atoms. The molecule has 0 spiro atoms. The molecule has 1 aliphatic heterocycles. The molecule has 0 unspecified atom stereocenters. The average Bonchev–Trinajstić information content (AvgIpc) is 2.42. The number of carbonyl (C=O) groups excluding carboxylic acids is 3. The summed E-state index contributed by atoms with van der Waals surface area (Å²) in [6, 6.07) is 2.44. The van der Waals surface area contributed by atoms with E-state index in [0.717, 1.165) is 11.0 Å². The van der Waals surface area contributed by atoms with Gasteiger partial charge >= 0.3 is 5.97 Å². The molecule has 21 heavy (non-hydrogen) atoms. The number of hydrogen-bond donors (Lipinski definition) is 2. The molecule has 1 aromatic rings. The van der Waals surface area contributed by atoms with Gasteiger partial charge in [-0.15, -0.1) is 0 Å². The van der Waals surface area contributed by atoms with Crippen LogP contribution in [-0.4, -0.2) is 50.8 Å². The first kappa shape index (κ1) is 14.6. The topological polar surface area (TPSA) is 117 Å². The van der Waals surface area contributed by atoms with Crippen molar-refractivity contribution in [1.29, 1.82) is 0 Å². The lowest BCUT2D eigenvalue weighted by Gasteiger charge is -2.40. The minimum Gasteiger partial charge on any atom is -0.477 e. The van der Waals surface area contributed by atoms with Gasteiger partial charge in [-0.05, 0) is 26.0 Å². The second-order valence-electron chi connectivity index (χ2n) is 5.06. The van der Waals surface area contributed by atoms with E-state index in [1.165, 1.54) is 26.1 Å². The molecule has 0 radical (unpaired) electrons. The molecule has 110 valence electrons. The Hall–Kier alpha value is -2.77. The van der Waals surface area contributed by atoms with Crippen molar-refractivity contribution in [2.45, 2.75) is 19.4 Å². The second kappa shape index (κ2) is 4.97. The first-order valence-corrected chi connectivity index (χ1v) is 6.09. The fourth-order valence-electron chi connectivity index (χ4n) is 1.94. The number of hydrogen-bond acceptors (Lipinski definition) is 5. The highest BCUT2D eigenvalue weighted by Crippen LogP contribution is 2.21. The Bertz CT molecular complexity index is 653. The van der Waals surface area contributed by atoms with Crippen LogP contribution in [0.15, 0.2) is 18.3 Å². The third-order valence-corrected chi connectivity index (χ3v) is 3.26. The van der Waals surface area contributed by atoms with Crippen molar-refractivity contribution in [3.63, 3.8) is 0 Å². The minimum atomic E-state index is -1.27. The van der Waals surface area contributed by atoms with Crippen LogP contribution >= 0.6 is 0 Å². The van der Waals surface area contributed by atoms with Gasteiger partial charge in [0.1, 0.15) is 17.8 Å². The van der Waals surface area contributed by atoms with E-state index in [4.69, 9.17) is 5.11 Å². The number of carboxylic acids is 1. The molecular weight excluding hydrogens is 278 g/mol. The van der Waals surface area contributed by atoms with E-state index < -0.39 is 29.2 Å². The molecule has 8 heteroatoms. The molecule has 0 atom stereocenters. The van der Waals surface area contributed by atoms with Crippen molar-refractivity contribution in [3.8, 4) is 0 Å². The zero-order valence-electron chi connectivity index (χ0n) is 11.4. The maximum Gasteiger partial charge on any atom is 0.354 e. The van der Waals surface area contributed by atoms with Gasteiger partial charge in [-0.3, -0.25) is 19.7 Å². The Balaban J connectivity index is 2.38. The fraction of sp³-hybridized carbons (Fsp3) is 0.308. The van der Waals surface area contributed by atoms with E-state index in [9.17, 15) is 19.2 Å². The Labute approximate surface area is 119 Å². The highest BCUT2D eigenvalue weighted by molar-refractivity contribution is 6.09. The highest BCUT2D eigenvalue weighted by Gasteiger charge is 2.43. The number of nitrogens with one attached hydrogen (secondary N) is 1. The number of aromatic nitrogens is 1. The summed E-state index contributed by atoms with van der Waals surface area (Å²) in [5.41, 5.74) is -1.44. The van der Waals surface area contributed by atoms with Crippen LogP contribution in [0.25, 0.3) is 0 Å². The largest absolute Gasteiger partial charge is 0.477 e. The number of imide groups is 1. The van der Waals surface area contributed by atoms with Gasteiger partial charge in [0, 0.05) is 11.8 Å². The first-order chi connectivity index (χ1) is 9.73. The molecule has 2 N–H and O–H groups in total. The van der Waals surface area contributed by atoms with Gasteiger partial charge < -0.3 is 10.0 Å². The van der Waals surface area contributed by atoms with E-state index in [-0.39, 0.29) is 17.8 Å². The molecule has 0 saturated carbocycles. The third-order valence-electron chi connectivity index (χ3n) is 3.26. The number of pyridine rings is 1. The summed E-state index contributed by atoms with van der Waals surface area (Å²) in [5, 5.41) is 11.0. The van der Waals surface area contributed by atoms with Crippen molar-refractivity contribution < 1.29 is 24.3 Å². The van der Waals surface area contributed by atoms with Gasteiger partial charge in [0.25, 0.3) is 11.8 Å². The normalized spacial score (nSPS) is 17.3. The Morgan fingerprint density at radius 2 is 2.05 bits per heavy atom. The van der Waals surface area contributed by atoms with Gasteiger partial charge in [-0.2, -0.15) is 0 Å². The standard InChI is InChI=1S/C13H13N3O5/c1-13(2)12(21)15-9(17)6-16(13)10(18)7-3-4-14-8(5-7)11(19)20/h3-5H,6H2,1-2H3,(H,19,20)(H,15,17,21). The molecule has 1 fully saturated rings. The summed E-state index contributed by atoms with van der Waals surface area (Å²) >= 11 is 0. The van der Waals surface area contributed by atoms with E-state index in [1.807, 2.05) is 0 Å². The molecule has 1 saturated heterocycles. The highest BCUT2D eigenvalue weighted by atomic mass is 16.4. The maximum absolute atomic E-state index is 12.5. The van der Waals surface area contributed by atoms with Gasteiger partial charge in [0.2, 0.25) is 5.91 Å². The number of piperazine rings is 1. The van der Waals surface area contributed by atoms with Crippen molar-refractivity contribution in [1.82, 2.24) is 15.2 Å². The average molecular weight is 291 g/mol. The molecule has 2 heterocycles. The predicted molar refractivity (Wildman–Crippen MR) is 69.5 cm³/mol. The van der Waals surface area contributed by atoms with Crippen molar-refractivity contribution in [2.75, 3.05) is 6.54 Å². The molecule has 8 nitrogen and oxygen atoms in total. The molecular formula is C13H13N3O5. The zero-order chi connectivity index (χ0) is 15.8.